The minimum atomic E-state index is -0.310. The van der Waals surface area contributed by atoms with Crippen molar-refractivity contribution >= 4 is 22.8 Å². The first-order valence-corrected chi connectivity index (χ1v) is 9.37. The minimum Gasteiger partial charge on any atom is -0.449 e. The van der Waals surface area contributed by atoms with E-state index in [4.69, 9.17) is 4.74 Å². The molecule has 0 fully saturated rings. The Morgan fingerprint density at radius 2 is 1.96 bits per heavy atom. The van der Waals surface area contributed by atoms with Crippen LogP contribution in [0.1, 0.15) is 51.3 Å². The summed E-state index contributed by atoms with van der Waals surface area (Å²) in [5.41, 5.74) is 3.08. The molecule has 4 heteroatoms. The number of para-hydroxylation sites is 1. The molecule has 0 radical (unpaired) electrons. The van der Waals surface area contributed by atoms with Crippen molar-refractivity contribution in [3.05, 3.63) is 35.5 Å². The molecule has 1 heterocycles. The summed E-state index contributed by atoms with van der Waals surface area (Å²) in [6, 6.07) is 7.95. The lowest BCUT2D eigenvalue weighted by atomic mass is 9.74. The molecule has 0 spiro atoms. The zero-order valence-corrected chi connectivity index (χ0v) is 15.4. The van der Waals surface area contributed by atoms with Crippen molar-refractivity contribution in [1.29, 1.82) is 0 Å². The van der Waals surface area contributed by atoms with Gasteiger partial charge >= 0.3 is 6.09 Å². The van der Waals surface area contributed by atoms with Crippen molar-refractivity contribution in [3.8, 4) is 0 Å². The third-order valence-corrected chi connectivity index (χ3v) is 5.44. The summed E-state index contributed by atoms with van der Waals surface area (Å²) in [5.74, 6) is 0.627. The summed E-state index contributed by atoms with van der Waals surface area (Å²) in [5, 5.41) is 1.07. The molecular formula is C21H27NO3. The number of nitrogens with zero attached hydrogens (tertiary/aromatic N) is 1. The molecule has 0 N–H and O–H groups in total. The lowest BCUT2D eigenvalue weighted by molar-refractivity contribution is -0.122. The Labute approximate surface area is 149 Å². The molecule has 0 unspecified atom stereocenters. The monoisotopic (exact) mass is 341 g/mol. The van der Waals surface area contributed by atoms with Gasteiger partial charge in [0.05, 0.1) is 12.1 Å². The first-order chi connectivity index (χ1) is 12.1. The van der Waals surface area contributed by atoms with E-state index < -0.39 is 0 Å². The highest BCUT2D eigenvalue weighted by molar-refractivity contribution is 5.94. The number of Topliss-reactive ketones (excluding diaryl/α,β-unsaturated/α-hetero) is 1. The molecule has 3 rings (SSSR count). The van der Waals surface area contributed by atoms with Gasteiger partial charge in [-0.1, -0.05) is 38.0 Å². The Morgan fingerprint density at radius 3 is 2.64 bits per heavy atom. The summed E-state index contributed by atoms with van der Waals surface area (Å²) in [4.78, 5) is 24.9. The molecule has 1 aliphatic carbocycles. The number of rotatable bonds is 5. The third kappa shape index (κ3) is 3.22. The minimum absolute atomic E-state index is 0.0560. The normalized spacial score (nSPS) is 19.6. The van der Waals surface area contributed by atoms with E-state index in [-0.39, 0.29) is 17.8 Å². The van der Waals surface area contributed by atoms with Gasteiger partial charge in [0.25, 0.3) is 0 Å². The number of aromatic nitrogens is 1. The van der Waals surface area contributed by atoms with Crippen LogP contribution in [0.5, 0.6) is 0 Å². The highest BCUT2D eigenvalue weighted by Crippen LogP contribution is 2.39. The fraction of sp³-hybridized carbons (Fsp3) is 0.524. The lowest BCUT2D eigenvalue weighted by Gasteiger charge is -2.31. The number of hydrogen-bond acceptors (Lipinski definition) is 3. The fourth-order valence-corrected chi connectivity index (χ4v) is 4.22. The molecule has 0 aliphatic heterocycles. The number of ketones is 1. The average Bonchev–Trinajstić information content (AvgIpc) is 2.92. The Morgan fingerprint density at radius 1 is 1.20 bits per heavy atom. The van der Waals surface area contributed by atoms with Crippen molar-refractivity contribution in [2.24, 2.45) is 11.8 Å². The van der Waals surface area contributed by atoms with Gasteiger partial charge in [-0.05, 0) is 50.7 Å². The summed E-state index contributed by atoms with van der Waals surface area (Å²) < 4.78 is 7.05. The highest BCUT2D eigenvalue weighted by Gasteiger charge is 2.35. The number of carbonyl (C=O) groups excluding carboxylic acids is 2. The van der Waals surface area contributed by atoms with E-state index in [0.29, 0.717) is 12.5 Å². The average molecular weight is 341 g/mol. The van der Waals surface area contributed by atoms with E-state index in [1.807, 2.05) is 31.2 Å². The van der Waals surface area contributed by atoms with Gasteiger partial charge in [-0.25, -0.2) is 9.36 Å². The molecule has 0 amide bonds. The number of carbonyl (C=O) groups is 2. The van der Waals surface area contributed by atoms with Crippen LogP contribution in [-0.4, -0.2) is 23.1 Å². The second-order valence-corrected chi connectivity index (χ2v) is 7.00. The zero-order chi connectivity index (χ0) is 18.0. The molecule has 0 saturated carbocycles. The maximum Gasteiger partial charge on any atom is 0.418 e. The number of fused-ring (bicyclic) bond motifs is 3. The highest BCUT2D eigenvalue weighted by atomic mass is 16.5. The molecule has 1 aromatic heterocycles. The smallest absolute Gasteiger partial charge is 0.418 e. The first kappa shape index (κ1) is 17.7. The molecule has 2 atom stereocenters. The van der Waals surface area contributed by atoms with E-state index in [2.05, 4.69) is 6.92 Å². The van der Waals surface area contributed by atoms with E-state index in [0.717, 1.165) is 54.3 Å². The van der Waals surface area contributed by atoms with Gasteiger partial charge in [0.2, 0.25) is 0 Å². The van der Waals surface area contributed by atoms with Crippen molar-refractivity contribution in [2.75, 3.05) is 6.61 Å². The molecule has 0 bridgehead atoms. The zero-order valence-electron chi connectivity index (χ0n) is 15.4. The predicted molar refractivity (Wildman–Crippen MR) is 99.0 cm³/mol. The maximum absolute atomic E-state index is 12.6. The number of benzene rings is 1. The Kier molecular flexibility index (Phi) is 5.26. The molecule has 4 nitrogen and oxygen atoms in total. The Balaban J connectivity index is 2.11. The standard InChI is InChI=1S/C21H27NO3/c1-4-6-9-15-12-20-18(13-17(15)14(3)23)16-10-7-8-11-19(16)22(20)21(24)25-5-2/h7-8,10-11,15,17H,4-6,9,12-13H2,1-3H3/t15-,17-/m1/s1. The second-order valence-electron chi connectivity index (χ2n) is 7.00. The van der Waals surface area contributed by atoms with Crippen LogP contribution in [0.15, 0.2) is 24.3 Å². The van der Waals surface area contributed by atoms with Crippen LogP contribution >= 0.6 is 0 Å². The van der Waals surface area contributed by atoms with Gasteiger partial charge in [0.15, 0.2) is 0 Å². The number of ether oxygens (including phenoxy) is 1. The van der Waals surface area contributed by atoms with Gasteiger partial charge in [-0.2, -0.15) is 0 Å². The third-order valence-electron chi connectivity index (χ3n) is 5.44. The molecule has 25 heavy (non-hydrogen) atoms. The van der Waals surface area contributed by atoms with Crippen molar-refractivity contribution in [1.82, 2.24) is 4.57 Å². The van der Waals surface area contributed by atoms with E-state index in [1.165, 1.54) is 0 Å². The van der Waals surface area contributed by atoms with Crippen LogP contribution in [-0.2, 0) is 22.4 Å². The number of hydrogen-bond donors (Lipinski definition) is 0. The predicted octanol–water partition coefficient (Wildman–Crippen LogP) is 4.76. The topological polar surface area (TPSA) is 48.3 Å². The fourth-order valence-electron chi connectivity index (χ4n) is 4.22. The molecule has 2 aromatic rings. The van der Waals surface area contributed by atoms with Crippen LogP contribution in [0.25, 0.3) is 10.9 Å². The largest absolute Gasteiger partial charge is 0.449 e. The number of unbranched alkanes of at least 4 members (excludes halogenated alkanes) is 1. The quantitative estimate of drug-likeness (QED) is 0.788. The Bertz CT molecular complexity index is 790. The van der Waals surface area contributed by atoms with E-state index in [1.54, 1.807) is 11.5 Å². The van der Waals surface area contributed by atoms with Crippen molar-refractivity contribution in [3.63, 3.8) is 0 Å². The van der Waals surface area contributed by atoms with Crippen molar-refractivity contribution in [2.45, 2.75) is 52.9 Å². The lowest BCUT2D eigenvalue weighted by Crippen LogP contribution is -2.32. The van der Waals surface area contributed by atoms with Crippen LogP contribution in [0.4, 0.5) is 4.79 Å². The molecular weight excluding hydrogens is 314 g/mol. The molecule has 0 saturated heterocycles. The van der Waals surface area contributed by atoms with Gasteiger partial charge < -0.3 is 4.74 Å². The van der Waals surface area contributed by atoms with Crippen LogP contribution in [0.3, 0.4) is 0 Å². The summed E-state index contributed by atoms with van der Waals surface area (Å²) in [7, 11) is 0. The first-order valence-electron chi connectivity index (χ1n) is 9.37. The Hall–Kier alpha value is -2.10. The molecule has 1 aliphatic rings. The van der Waals surface area contributed by atoms with Crippen LogP contribution in [0, 0.1) is 11.8 Å². The van der Waals surface area contributed by atoms with Gasteiger partial charge in [0.1, 0.15) is 5.78 Å². The van der Waals surface area contributed by atoms with Gasteiger partial charge in [0, 0.05) is 17.0 Å². The second kappa shape index (κ2) is 7.42. The van der Waals surface area contributed by atoms with Crippen LogP contribution < -0.4 is 0 Å². The summed E-state index contributed by atoms with van der Waals surface area (Å²) in [6.45, 7) is 6.06. The van der Waals surface area contributed by atoms with E-state index >= 15 is 0 Å². The van der Waals surface area contributed by atoms with Crippen LogP contribution in [0.2, 0.25) is 0 Å². The molecule has 134 valence electrons. The maximum atomic E-state index is 12.6. The van der Waals surface area contributed by atoms with Gasteiger partial charge in [-0.3, -0.25) is 4.79 Å². The van der Waals surface area contributed by atoms with Crippen molar-refractivity contribution < 1.29 is 14.3 Å². The molecule has 1 aromatic carbocycles. The SMILES string of the molecule is CCCC[C@@H]1Cc2c(c3ccccc3n2C(=O)OCC)C[C@@H]1C(C)=O. The van der Waals surface area contributed by atoms with Gasteiger partial charge in [-0.15, -0.1) is 0 Å². The summed E-state index contributed by atoms with van der Waals surface area (Å²) in [6.07, 6.45) is 4.46. The van der Waals surface area contributed by atoms with E-state index in [9.17, 15) is 9.59 Å². The summed E-state index contributed by atoms with van der Waals surface area (Å²) >= 11 is 0.